The first-order chi connectivity index (χ1) is 14.9. The van der Waals surface area contributed by atoms with Crippen LogP contribution in [0.3, 0.4) is 0 Å². The third kappa shape index (κ3) is 6.06. The normalized spacial score (nSPS) is 16.3. The van der Waals surface area contributed by atoms with Crippen LogP contribution in [-0.2, 0) is 16.0 Å². The predicted octanol–water partition coefficient (Wildman–Crippen LogP) is 3.57. The number of carbonyl (C=O) groups is 3. The average molecular weight is 439 g/mol. The van der Waals surface area contributed by atoms with E-state index in [-0.39, 0.29) is 18.1 Å². The van der Waals surface area contributed by atoms with E-state index in [2.05, 4.69) is 19.2 Å². The van der Waals surface area contributed by atoms with Crippen LogP contribution >= 0.6 is 11.8 Å². The number of aliphatic hydroxyl groups excluding tert-OH is 1. The smallest absolute Gasteiger partial charge is 0.294 e. The molecular formula is C24H26N2O4S. The Morgan fingerprint density at radius 2 is 1.77 bits per heavy atom. The summed E-state index contributed by atoms with van der Waals surface area (Å²) in [7, 11) is 0. The molecule has 2 N–H and O–H groups in total. The van der Waals surface area contributed by atoms with Gasteiger partial charge in [-0.3, -0.25) is 19.3 Å². The number of aliphatic hydroxyl groups is 1. The zero-order chi connectivity index (χ0) is 22.4. The number of nitrogens with zero attached hydrogens (tertiary/aromatic N) is 1. The lowest BCUT2D eigenvalue weighted by Gasteiger charge is -2.18. The Hall–Kier alpha value is -2.90. The fraction of sp³-hybridized carbons (Fsp3) is 0.292. The van der Waals surface area contributed by atoms with Gasteiger partial charge < -0.3 is 10.4 Å². The van der Waals surface area contributed by atoms with Gasteiger partial charge >= 0.3 is 0 Å². The topological polar surface area (TPSA) is 86.7 Å². The van der Waals surface area contributed by atoms with Crippen molar-refractivity contribution >= 4 is 34.9 Å². The maximum atomic E-state index is 12.7. The van der Waals surface area contributed by atoms with E-state index in [1.807, 2.05) is 54.6 Å². The van der Waals surface area contributed by atoms with Crippen molar-refractivity contribution in [2.45, 2.75) is 32.2 Å². The van der Waals surface area contributed by atoms with Crippen LogP contribution in [0.2, 0.25) is 0 Å². The summed E-state index contributed by atoms with van der Waals surface area (Å²) >= 11 is 0.826. The molecule has 0 saturated carbocycles. The van der Waals surface area contributed by atoms with Gasteiger partial charge in [-0.1, -0.05) is 68.4 Å². The van der Waals surface area contributed by atoms with E-state index in [9.17, 15) is 19.5 Å². The predicted molar refractivity (Wildman–Crippen MR) is 122 cm³/mol. The average Bonchev–Trinajstić information content (AvgIpc) is 3.01. The van der Waals surface area contributed by atoms with Crippen molar-refractivity contribution < 1.29 is 19.5 Å². The molecule has 0 aromatic heterocycles. The number of hydrogen-bond donors (Lipinski definition) is 2. The molecule has 6 nitrogen and oxygen atoms in total. The lowest BCUT2D eigenvalue weighted by Crippen LogP contribution is -2.45. The van der Waals surface area contributed by atoms with Gasteiger partial charge in [-0.25, -0.2) is 0 Å². The van der Waals surface area contributed by atoms with Gasteiger partial charge in [-0.15, -0.1) is 0 Å². The number of rotatable bonds is 8. The van der Waals surface area contributed by atoms with Crippen LogP contribution in [0.4, 0.5) is 4.79 Å². The molecule has 0 bridgehead atoms. The van der Waals surface area contributed by atoms with Crippen LogP contribution in [0.1, 0.15) is 36.5 Å². The molecule has 2 aromatic carbocycles. The van der Waals surface area contributed by atoms with Crippen molar-refractivity contribution in [1.82, 2.24) is 10.2 Å². The molecule has 1 aliphatic rings. The highest BCUT2D eigenvalue weighted by Crippen LogP contribution is 2.32. The summed E-state index contributed by atoms with van der Waals surface area (Å²) in [4.78, 5) is 38.6. The highest BCUT2D eigenvalue weighted by molar-refractivity contribution is 8.18. The van der Waals surface area contributed by atoms with Gasteiger partial charge in [0.25, 0.3) is 11.1 Å². The molecule has 1 saturated heterocycles. The van der Waals surface area contributed by atoms with Crippen LogP contribution in [0, 0.1) is 0 Å². The fourth-order valence-electron chi connectivity index (χ4n) is 3.24. The van der Waals surface area contributed by atoms with Crippen molar-refractivity contribution in [2.75, 3.05) is 13.2 Å². The number of thioether (sulfide) groups is 1. The van der Waals surface area contributed by atoms with Crippen molar-refractivity contribution in [1.29, 1.82) is 0 Å². The van der Waals surface area contributed by atoms with E-state index in [0.717, 1.165) is 27.8 Å². The standard InChI is InChI=1S/C24H26N2O4S/c1-16(2)19-10-8-18(9-11-19)13-21-23(29)26(24(30)31-21)14-22(28)25-20(15-27)12-17-6-4-3-5-7-17/h3-11,13,16,20,27H,12,14-15H2,1-2H3,(H,25,28). The van der Waals surface area contributed by atoms with Crippen LogP contribution in [0.15, 0.2) is 59.5 Å². The highest BCUT2D eigenvalue weighted by Gasteiger charge is 2.36. The number of amides is 3. The zero-order valence-electron chi connectivity index (χ0n) is 17.6. The van der Waals surface area contributed by atoms with Crippen LogP contribution in [0.5, 0.6) is 0 Å². The van der Waals surface area contributed by atoms with Gasteiger partial charge in [0, 0.05) is 0 Å². The number of imide groups is 1. The first kappa shape index (κ1) is 22.8. The Bertz CT molecular complexity index is 971. The minimum atomic E-state index is -0.496. The quantitative estimate of drug-likeness (QED) is 0.616. The Kier molecular flexibility index (Phi) is 7.65. The molecule has 1 fully saturated rings. The third-order valence-corrected chi connectivity index (χ3v) is 5.89. The van der Waals surface area contributed by atoms with Crippen LogP contribution < -0.4 is 5.32 Å². The molecule has 31 heavy (non-hydrogen) atoms. The maximum absolute atomic E-state index is 12.7. The van der Waals surface area contributed by atoms with E-state index in [4.69, 9.17) is 0 Å². The first-order valence-electron chi connectivity index (χ1n) is 10.2. The molecule has 162 valence electrons. The summed E-state index contributed by atoms with van der Waals surface area (Å²) in [5, 5.41) is 11.8. The molecule has 0 radical (unpaired) electrons. The summed E-state index contributed by atoms with van der Waals surface area (Å²) in [5.74, 6) is -0.564. The van der Waals surface area contributed by atoms with E-state index in [1.165, 1.54) is 5.56 Å². The van der Waals surface area contributed by atoms with E-state index in [1.54, 1.807) is 6.08 Å². The van der Waals surface area contributed by atoms with E-state index in [0.29, 0.717) is 12.3 Å². The lowest BCUT2D eigenvalue weighted by molar-refractivity contribution is -0.129. The summed E-state index contributed by atoms with van der Waals surface area (Å²) in [6.45, 7) is 3.59. The zero-order valence-corrected chi connectivity index (χ0v) is 18.4. The summed E-state index contributed by atoms with van der Waals surface area (Å²) in [5.41, 5.74) is 2.98. The number of nitrogens with one attached hydrogen (secondary N) is 1. The molecule has 1 aliphatic heterocycles. The fourth-order valence-corrected chi connectivity index (χ4v) is 4.08. The van der Waals surface area contributed by atoms with Gasteiger partial charge in [-0.05, 0) is 46.9 Å². The Morgan fingerprint density at radius 3 is 2.39 bits per heavy atom. The Balaban J connectivity index is 1.61. The molecule has 3 amide bonds. The SMILES string of the molecule is CC(C)c1ccc(C=C2SC(=O)N(CC(=O)NC(CO)Cc3ccccc3)C2=O)cc1. The largest absolute Gasteiger partial charge is 0.394 e. The number of benzene rings is 2. The summed E-state index contributed by atoms with van der Waals surface area (Å²) in [6, 6.07) is 16.8. The monoisotopic (exact) mass is 438 g/mol. The summed E-state index contributed by atoms with van der Waals surface area (Å²) < 4.78 is 0. The molecule has 1 unspecified atom stereocenters. The second-order valence-electron chi connectivity index (χ2n) is 7.73. The van der Waals surface area contributed by atoms with Crippen LogP contribution in [-0.4, -0.2) is 46.3 Å². The third-order valence-electron chi connectivity index (χ3n) is 4.99. The minimum Gasteiger partial charge on any atom is -0.394 e. The minimum absolute atomic E-state index is 0.241. The molecule has 0 spiro atoms. The first-order valence-corrected chi connectivity index (χ1v) is 11.0. The van der Waals surface area contributed by atoms with E-state index < -0.39 is 23.1 Å². The van der Waals surface area contributed by atoms with Crippen molar-refractivity contribution in [3.05, 3.63) is 76.2 Å². The molecular weight excluding hydrogens is 412 g/mol. The van der Waals surface area contributed by atoms with Crippen molar-refractivity contribution in [2.24, 2.45) is 0 Å². The van der Waals surface area contributed by atoms with Gasteiger partial charge in [0.05, 0.1) is 17.6 Å². The van der Waals surface area contributed by atoms with Crippen molar-refractivity contribution in [3.8, 4) is 0 Å². The Labute approximate surface area is 186 Å². The second kappa shape index (κ2) is 10.4. The molecule has 2 aromatic rings. The lowest BCUT2D eigenvalue weighted by atomic mass is 10.0. The van der Waals surface area contributed by atoms with E-state index >= 15 is 0 Å². The van der Waals surface area contributed by atoms with Crippen molar-refractivity contribution in [3.63, 3.8) is 0 Å². The molecule has 1 atom stereocenters. The van der Waals surface area contributed by atoms with Gasteiger partial charge in [-0.2, -0.15) is 0 Å². The highest BCUT2D eigenvalue weighted by atomic mass is 32.2. The van der Waals surface area contributed by atoms with Gasteiger partial charge in [0.1, 0.15) is 6.54 Å². The second-order valence-corrected chi connectivity index (χ2v) is 8.72. The number of carbonyl (C=O) groups excluding carboxylic acids is 3. The summed E-state index contributed by atoms with van der Waals surface area (Å²) in [6.07, 6.45) is 2.12. The molecule has 3 rings (SSSR count). The van der Waals surface area contributed by atoms with Crippen LogP contribution in [0.25, 0.3) is 6.08 Å². The molecule has 1 heterocycles. The maximum Gasteiger partial charge on any atom is 0.294 e. The molecule has 7 heteroatoms. The van der Waals surface area contributed by atoms with Gasteiger partial charge in [0.2, 0.25) is 5.91 Å². The number of hydrogen-bond acceptors (Lipinski definition) is 5. The van der Waals surface area contributed by atoms with Gasteiger partial charge in [0.15, 0.2) is 0 Å². The Morgan fingerprint density at radius 1 is 1.10 bits per heavy atom. The molecule has 0 aliphatic carbocycles.